The Balaban J connectivity index is 2.35. The van der Waals surface area contributed by atoms with Gasteiger partial charge in [0.05, 0.1) is 18.8 Å². The fourth-order valence-electron chi connectivity index (χ4n) is 1.17. The summed E-state index contributed by atoms with van der Waals surface area (Å²) in [6.07, 6.45) is -1.59. The van der Waals surface area contributed by atoms with E-state index in [4.69, 9.17) is 15.3 Å². The Kier molecular flexibility index (Phi) is 2.43. The topological polar surface area (TPSA) is 81.0 Å². The SMILES string of the molecule is O=C(O)CN1C[C@@H](O)[C@H](O)C1. The van der Waals surface area contributed by atoms with Crippen LogP contribution in [0.2, 0.25) is 0 Å². The van der Waals surface area contributed by atoms with Gasteiger partial charge in [-0.15, -0.1) is 0 Å². The Morgan fingerprint density at radius 1 is 1.36 bits per heavy atom. The van der Waals surface area contributed by atoms with E-state index in [2.05, 4.69) is 0 Å². The minimum Gasteiger partial charge on any atom is -0.480 e. The maximum Gasteiger partial charge on any atom is 0.317 e. The second-order valence-corrected chi connectivity index (χ2v) is 2.72. The molecule has 2 atom stereocenters. The highest BCUT2D eigenvalue weighted by molar-refractivity contribution is 5.69. The zero-order valence-corrected chi connectivity index (χ0v) is 5.97. The summed E-state index contributed by atoms with van der Waals surface area (Å²) in [5.74, 6) is -0.939. The van der Waals surface area contributed by atoms with Crippen molar-refractivity contribution in [3.8, 4) is 0 Å². The number of carboxylic acid groups (broad SMARTS) is 1. The van der Waals surface area contributed by atoms with Crippen LogP contribution in [0, 0.1) is 0 Å². The number of aliphatic hydroxyl groups is 2. The number of aliphatic carboxylic acids is 1. The highest BCUT2D eigenvalue weighted by atomic mass is 16.4. The van der Waals surface area contributed by atoms with Crippen molar-refractivity contribution in [2.24, 2.45) is 0 Å². The molecule has 0 aromatic carbocycles. The van der Waals surface area contributed by atoms with Gasteiger partial charge in [-0.05, 0) is 0 Å². The molecule has 1 fully saturated rings. The molecule has 0 amide bonds. The molecule has 5 heteroatoms. The van der Waals surface area contributed by atoms with E-state index in [1.165, 1.54) is 4.90 Å². The molecule has 0 radical (unpaired) electrons. The smallest absolute Gasteiger partial charge is 0.317 e. The van der Waals surface area contributed by atoms with Crippen molar-refractivity contribution in [3.05, 3.63) is 0 Å². The van der Waals surface area contributed by atoms with Crippen molar-refractivity contribution >= 4 is 5.97 Å². The number of hydrogen-bond acceptors (Lipinski definition) is 4. The molecule has 3 N–H and O–H groups in total. The summed E-state index contributed by atoms with van der Waals surface area (Å²) < 4.78 is 0. The first kappa shape index (κ1) is 8.45. The summed E-state index contributed by atoms with van der Waals surface area (Å²) in [6.45, 7) is 0.370. The molecular weight excluding hydrogens is 150 g/mol. The van der Waals surface area contributed by atoms with Crippen LogP contribution in [0.25, 0.3) is 0 Å². The molecule has 0 aromatic rings. The van der Waals surface area contributed by atoms with Crippen molar-refractivity contribution in [1.29, 1.82) is 0 Å². The van der Waals surface area contributed by atoms with E-state index in [0.29, 0.717) is 0 Å². The predicted molar refractivity (Wildman–Crippen MR) is 36.1 cm³/mol. The number of nitrogens with zero attached hydrogens (tertiary/aromatic N) is 1. The molecule has 0 bridgehead atoms. The molecule has 1 saturated heterocycles. The van der Waals surface area contributed by atoms with Gasteiger partial charge in [0, 0.05) is 13.1 Å². The maximum atomic E-state index is 10.2. The second kappa shape index (κ2) is 3.17. The van der Waals surface area contributed by atoms with Crippen molar-refractivity contribution in [2.45, 2.75) is 12.2 Å². The van der Waals surface area contributed by atoms with Crippen LogP contribution in [-0.4, -0.2) is 58.0 Å². The van der Waals surface area contributed by atoms with E-state index >= 15 is 0 Å². The Morgan fingerprint density at radius 2 is 1.82 bits per heavy atom. The summed E-state index contributed by atoms with van der Waals surface area (Å²) >= 11 is 0. The van der Waals surface area contributed by atoms with Crippen LogP contribution in [-0.2, 0) is 4.79 Å². The summed E-state index contributed by atoms with van der Waals surface area (Å²) in [6, 6.07) is 0. The molecule has 1 aliphatic rings. The van der Waals surface area contributed by atoms with E-state index in [9.17, 15) is 4.79 Å². The maximum absolute atomic E-state index is 10.2. The zero-order chi connectivity index (χ0) is 8.43. The molecule has 0 aromatic heterocycles. The Bertz CT molecular complexity index is 151. The number of likely N-dealkylation sites (tertiary alicyclic amines) is 1. The van der Waals surface area contributed by atoms with Crippen molar-refractivity contribution in [2.75, 3.05) is 19.6 Å². The monoisotopic (exact) mass is 161 g/mol. The molecule has 1 aliphatic heterocycles. The van der Waals surface area contributed by atoms with Crippen LogP contribution in [0.1, 0.15) is 0 Å². The first-order chi connectivity index (χ1) is 5.09. The quantitative estimate of drug-likeness (QED) is 0.441. The second-order valence-electron chi connectivity index (χ2n) is 2.72. The van der Waals surface area contributed by atoms with Gasteiger partial charge in [0.25, 0.3) is 0 Å². The van der Waals surface area contributed by atoms with Crippen LogP contribution in [0.3, 0.4) is 0 Å². The van der Waals surface area contributed by atoms with Gasteiger partial charge in [0.1, 0.15) is 0 Å². The third-order valence-corrected chi connectivity index (χ3v) is 1.69. The first-order valence-corrected chi connectivity index (χ1v) is 3.40. The molecule has 0 spiro atoms. The highest BCUT2D eigenvalue weighted by Gasteiger charge is 2.30. The summed E-state index contributed by atoms with van der Waals surface area (Å²) in [7, 11) is 0. The van der Waals surface area contributed by atoms with E-state index in [1.54, 1.807) is 0 Å². The largest absolute Gasteiger partial charge is 0.480 e. The molecular formula is C6H11NO4. The molecule has 0 saturated carbocycles. The third-order valence-electron chi connectivity index (χ3n) is 1.69. The van der Waals surface area contributed by atoms with Crippen LogP contribution in [0.4, 0.5) is 0 Å². The minimum absolute atomic E-state index is 0.117. The van der Waals surface area contributed by atoms with Crippen molar-refractivity contribution < 1.29 is 20.1 Å². The normalized spacial score (nSPS) is 32.5. The molecule has 0 unspecified atom stereocenters. The van der Waals surface area contributed by atoms with Gasteiger partial charge in [-0.25, -0.2) is 0 Å². The molecule has 0 aliphatic carbocycles. The summed E-state index contributed by atoms with van der Waals surface area (Å²) in [5.41, 5.74) is 0. The Morgan fingerprint density at radius 3 is 2.18 bits per heavy atom. The molecule has 64 valence electrons. The average Bonchev–Trinajstić information content (AvgIpc) is 2.10. The predicted octanol–water partition coefficient (Wildman–Crippen LogP) is -1.89. The lowest BCUT2D eigenvalue weighted by Gasteiger charge is -2.09. The minimum atomic E-state index is -0.939. The Labute approximate surface area is 63.9 Å². The molecule has 1 heterocycles. The third kappa shape index (κ3) is 2.14. The van der Waals surface area contributed by atoms with Crippen LogP contribution in [0.15, 0.2) is 0 Å². The summed E-state index contributed by atoms with van der Waals surface area (Å²) in [4.78, 5) is 11.7. The number of carboxylic acids is 1. The lowest BCUT2D eigenvalue weighted by molar-refractivity contribution is -0.138. The van der Waals surface area contributed by atoms with Gasteiger partial charge in [0.2, 0.25) is 0 Å². The number of carbonyl (C=O) groups is 1. The number of rotatable bonds is 2. The van der Waals surface area contributed by atoms with Gasteiger partial charge < -0.3 is 15.3 Å². The van der Waals surface area contributed by atoms with Crippen LogP contribution < -0.4 is 0 Å². The van der Waals surface area contributed by atoms with Gasteiger partial charge in [-0.3, -0.25) is 9.69 Å². The van der Waals surface area contributed by atoms with Gasteiger partial charge in [-0.1, -0.05) is 0 Å². The highest BCUT2D eigenvalue weighted by Crippen LogP contribution is 2.08. The van der Waals surface area contributed by atoms with Gasteiger partial charge in [0.15, 0.2) is 0 Å². The van der Waals surface area contributed by atoms with Gasteiger partial charge >= 0.3 is 5.97 Å². The van der Waals surface area contributed by atoms with Crippen molar-refractivity contribution in [3.63, 3.8) is 0 Å². The number of β-amino-alcohol motifs (C(OH)–C–C–N with tert-alkyl or cyclic N) is 2. The Hall–Kier alpha value is -0.650. The fourth-order valence-corrected chi connectivity index (χ4v) is 1.17. The molecule has 5 nitrogen and oxygen atoms in total. The number of hydrogen-bond donors (Lipinski definition) is 3. The molecule has 1 rings (SSSR count). The summed E-state index contributed by atoms with van der Waals surface area (Å²) in [5, 5.41) is 26.3. The van der Waals surface area contributed by atoms with E-state index < -0.39 is 18.2 Å². The van der Waals surface area contributed by atoms with Gasteiger partial charge in [-0.2, -0.15) is 0 Å². The fraction of sp³-hybridized carbons (Fsp3) is 0.833. The van der Waals surface area contributed by atoms with E-state index in [-0.39, 0.29) is 19.6 Å². The lowest BCUT2D eigenvalue weighted by atomic mass is 10.3. The standard InChI is InChI=1S/C6H11NO4/c8-4-1-7(2-5(4)9)3-6(10)11/h4-5,8-9H,1-3H2,(H,10,11)/t4-,5-/m1/s1. The average molecular weight is 161 g/mol. The lowest BCUT2D eigenvalue weighted by Crippen LogP contribution is -2.28. The van der Waals surface area contributed by atoms with E-state index in [1.807, 2.05) is 0 Å². The molecule has 11 heavy (non-hydrogen) atoms. The zero-order valence-electron chi connectivity index (χ0n) is 5.97. The van der Waals surface area contributed by atoms with E-state index in [0.717, 1.165) is 0 Å². The van der Waals surface area contributed by atoms with Crippen LogP contribution >= 0.6 is 0 Å². The van der Waals surface area contributed by atoms with Crippen LogP contribution in [0.5, 0.6) is 0 Å². The van der Waals surface area contributed by atoms with Crippen molar-refractivity contribution in [1.82, 2.24) is 4.90 Å². The number of aliphatic hydroxyl groups excluding tert-OH is 2. The first-order valence-electron chi connectivity index (χ1n) is 3.40.